The number of pyridine rings is 4. The average molecular weight is 834 g/mol. The first kappa shape index (κ1) is 32.8. The van der Waals surface area contributed by atoms with Crippen LogP contribution in [0.25, 0.3) is 22.0 Å². The third-order valence-corrected chi connectivity index (χ3v) is 7.69. The second kappa shape index (κ2) is 15.1. The Kier molecular flexibility index (Phi) is 10.8. The quantitative estimate of drug-likeness (QED) is 0.133. The molecule has 9 heteroatoms. The fraction of sp³-hybridized carbons (Fsp3) is 0.162. The number of ether oxygens (including phenoxy) is 2. The standard InChI is InChI=1S/C37H35N6O2.U/c1-5-28-17-18-38-21-32(28)34-19-29-20-36(42-35-8-6-7-25(2)40-35)39-22-33(29)37(41-34)43(23-26-9-13-30(44-3)14-10-26)24-27-11-15-31(45-4)16-12-27;/h6-22H,2,5,23-24H2,1,3-4H3,(H,39,40,42);/q-1;. The van der Waals surface area contributed by atoms with Gasteiger partial charge in [0.05, 0.1) is 19.9 Å². The minimum atomic E-state index is 0. The number of methoxy groups -OCH3 is 2. The number of nitrogens with zero attached hydrogens (tertiary/aromatic N) is 5. The number of anilines is 3. The molecular formula is C37H35N6O2U-. The monoisotopic (exact) mass is 833 g/mol. The van der Waals surface area contributed by atoms with Gasteiger partial charge in [-0.25, -0.2) is 16.9 Å². The van der Waals surface area contributed by atoms with Crippen LogP contribution >= 0.6 is 0 Å². The predicted octanol–water partition coefficient (Wildman–Crippen LogP) is 7.80. The Labute approximate surface area is 293 Å². The van der Waals surface area contributed by atoms with Crippen molar-refractivity contribution in [2.24, 2.45) is 0 Å². The number of aryl methyl sites for hydroxylation is 1. The Balaban J connectivity index is 0.00000417. The van der Waals surface area contributed by atoms with E-state index in [2.05, 4.69) is 70.4 Å². The predicted molar refractivity (Wildman–Crippen MR) is 180 cm³/mol. The summed E-state index contributed by atoms with van der Waals surface area (Å²) >= 11 is 0. The van der Waals surface area contributed by atoms with E-state index in [9.17, 15) is 0 Å². The Morgan fingerprint density at radius 1 is 0.783 bits per heavy atom. The topological polar surface area (TPSA) is 85.3 Å². The van der Waals surface area contributed by atoms with Crippen molar-refractivity contribution in [2.45, 2.75) is 26.4 Å². The van der Waals surface area contributed by atoms with Crippen molar-refractivity contribution in [2.75, 3.05) is 24.4 Å². The SMILES string of the molecule is [CH2-]c1cccc(Nc2cc3cc(-c4cnccc4CC)nc(N(Cc4ccc(OC)cc4)Cc4ccc(OC)cc4)c3cn2)n1.[U]. The zero-order chi connectivity index (χ0) is 31.2. The van der Waals surface area contributed by atoms with Gasteiger partial charge in [-0.2, -0.15) is 6.07 Å². The molecule has 0 saturated carbocycles. The van der Waals surface area contributed by atoms with Gasteiger partial charge in [-0.3, -0.25) is 9.97 Å². The van der Waals surface area contributed by atoms with Crippen LogP contribution in [0.15, 0.2) is 104 Å². The second-order valence-electron chi connectivity index (χ2n) is 10.7. The van der Waals surface area contributed by atoms with Crippen molar-refractivity contribution in [3.05, 3.63) is 133 Å². The van der Waals surface area contributed by atoms with Gasteiger partial charge in [0, 0.05) is 73.7 Å². The molecule has 4 aromatic heterocycles. The molecule has 0 unspecified atom stereocenters. The van der Waals surface area contributed by atoms with Crippen molar-refractivity contribution >= 4 is 28.2 Å². The molecule has 0 spiro atoms. The molecule has 230 valence electrons. The van der Waals surface area contributed by atoms with Crippen molar-refractivity contribution in [1.29, 1.82) is 0 Å². The molecule has 2 aromatic carbocycles. The molecule has 0 aliphatic carbocycles. The van der Waals surface area contributed by atoms with Crippen molar-refractivity contribution in [3.8, 4) is 22.8 Å². The van der Waals surface area contributed by atoms with Gasteiger partial charge >= 0.3 is 0 Å². The molecule has 46 heavy (non-hydrogen) atoms. The van der Waals surface area contributed by atoms with Gasteiger partial charge in [-0.15, -0.1) is 11.8 Å². The maximum atomic E-state index is 5.41. The van der Waals surface area contributed by atoms with Crippen LogP contribution in [0.3, 0.4) is 0 Å². The fourth-order valence-corrected chi connectivity index (χ4v) is 5.33. The molecule has 8 nitrogen and oxygen atoms in total. The summed E-state index contributed by atoms with van der Waals surface area (Å²) in [7, 11) is 3.36. The maximum Gasteiger partial charge on any atom is 0.139 e. The van der Waals surface area contributed by atoms with Gasteiger partial charge in [0.15, 0.2) is 0 Å². The first-order valence-electron chi connectivity index (χ1n) is 14.8. The van der Waals surface area contributed by atoms with Crippen LogP contribution < -0.4 is 19.7 Å². The van der Waals surface area contributed by atoms with Crippen LogP contribution in [0, 0.1) is 38.0 Å². The number of benzene rings is 2. The van der Waals surface area contributed by atoms with E-state index in [0.29, 0.717) is 30.4 Å². The van der Waals surface area contributed by atoms with Gasteiger partial charge in [0.25, 0.3) is 0 Å². The summed E-state index contributed by atoms with van der Waals surface area (Å²) in [6, 6.07) is 28.2. The minimum absolute atomic E-state index is 0. The van der Waals surface area contributed by atoms with E-state index in [-0.39, 0.29) is 31.1 Å². The molecule has 0 aliphatic rings. The number of nitrogens with one attached hydrogen (secondary N) is 1. The van der Waals surface area contributed by atoms with E-state index >= 15 is 0 Å². The second-order valence-corrected chi connectivity index (χ2v) is 10.7. The molecule has 0 radical (unpaired) electrons. The molecule has 0 saturated heterocycles. The van der Waals surface area contributed by atoms with Crippen molar-refractivity contribution < 1.29 is 40.6 Å². The molecule has 6 aromatic rings. The normalized spacial score (nSPS) is 10.7. The van der Waals surface area contributed by atoms with Crippen molar-refractivity contribution in [1.82, 2.24) is 19.9 Å². The van der Waals surface area contributed by atoms with Gasteiger partial charge < -0.3 is 19.7 Å². The molecule has 1 N–H and O–H groups in total. The van der Waals surface area contributed by atoms with Crippen LogP contribution in [0.5, 0.6) is 11.5 Å². The Bertz CT molecular complexity index is 1870. The van der Waals surface area contributed by atoms with Crippen LogP contribution in [0.4, 0.5) is 17.5 Å². The molecule has 0 fully saturated rings. The van der Waals surface area contributed by atoms with E-state index in [1.165, 1.54) is 5.56 Å². The zero-order valence-electron chi connectivity index (χ0n) is 26.2. The summed E-state index contributed by atoms with van der Waals surface area (Å²) in [5.41, 5.74) is 5.99. The summed E-state index contributed by atoms with van der Waals surface area (Å²) in [4.78, 5) is 21.3. The van der Waals surface area contributed by atoms with E-state index < -0.39 is 0 Å². The van der Waals surface area contributed by atoms with Gasteiger partial charge in [-0.05, 0) is 77.0 Å². The minimum Gasteiger partial charge on any atom is -0.497 e. The van der Waals surface area contributed by atoms with Crippen LogP contribution in [-0.4, -0.2) is 34.2 Å². The maximum absolute atomic E-state index is 5.41. The molecule has 0 atom stereocenters. The molecule has 0 aliphatic heterocycles. The number of rotatable bonds is 11. The van der Waals surface area contributed by atoms with Gasteiger partial charge in [-0.1, -0.05) is 31.2 Å². The summed E-state index contributed by atoms with van der Waals surface area (Å²) < 4.78 is 10.8. The molecular weight excluding hydrogens is 798 g/mol. The van der Waals surface area contributed by atoms with E-state index in [4.69, 9.17) is 19.4 Å². The van der Waals surface area contributed by atoms with Crippen LogP contribution in [-0.2, 0) is 19.5 Å². The van der Waals surface area contributed by atoms with E-state index in [1.54, 1.807) is 14.2 Å². The third-order valence-electron chi connectivity index (χ3n) is 7.69. The largest absolute Gasteiger partial charge is 0.497 e. The molecule has 6 rings (SSSR count). The molecule has 0 amide bonds. The first-order valence-corrected chi connectivity index (χ1v) is 14.8. The molecule has 4 heterocycles. The first-order chi connectivity index (χ1) is 22.0. The average Bonchev–Trinajstić information content (AvgIpc) is 3.08. The summed E-state index contributed by atoms with van der Waals surface area (Å²) in [6.45, 7) is 7.34. The van der Waals surface area contributed by atoms with E-state index in [1.807, 2.05) is 67.1 Å². The number of aromatic nitrogens is 4. The van der Waals surface area contributed by atoms with Gasteiger partial charge in [0.2, 0.25) is 0 Å². The Morgan fingerprint density at radius 2 is 1.46 bits per heavy atom. The summed E-state index contributed by atoms with van der Waals surface area (Å²) in [6.07, 6.45) is 6.49. The number of hydrogen-bond acceptors (Lipinski definition) is 8. The summed E-state index contributed by atoms with van der Waals surface area (Å²) in [5.74, 6) is 3.83. The van der Waals surface area contributed by atoms with E-state index in [0.717, 1.165) is 56.9 Å². The van der Waals surface area contributed by atoms with Crippen LogP contribution in [0.2, 0.25) is 0 Å². The van der Waals surface area contributed by atoms with Gasteiger partial charge in [0.1, 0.15) is 29.0 Å². The Morgan fingerprint density at radius 3 is 2.07 bits per heavy atom. The number of hydrogen-bond donors (Lipinski definition) is 1. The Hall–Kier alpha value is -4.58. The zero-order valence-corrected chi connectivity index (χ0v) is 30.4. The molecule has 0 bridgehead atoms. The fourth-order valence-electron chi connectivity index (χ4n) is 5.33. The smallest absolute Gasteiger partial charge is 0.139 e. The van der Waals surface area contributed by atoms with Crippen molar-refractivity contribution in [3.63, 3.8) is 0 Å². The number of fused-ring (bicyclic) bond motifs is 1. The third kappa shape index (κ3) is 7.61. The summed E-state index contributed by atoms with van der Waals surface area (Å²) in [5, 5.41) is 5.27. The van der Waals surface area contributed by atoms with Crippen LogP contribution in [0.1, 0.15) is 29.3 Å².